The zero-order valence-electron chi connectivity index (χ0n) is 15.0. The maximum Gasteiger partial charge on any atom is 0.348 e. The van der Waals surface area contributed by atoms with Crippen molar-refractivity contribution in [1.82, 2.24) is 0 Å². The minimum Gasteiger partial charge on any atom is -0.462 e. The second kappa shape index (κ2) is 8.99. The van der Waals surface area contributed by atoms with Crippen molar-refractivity contribution in [2.24, 2.45) is 5.92 Å². The topological polar surface area (TPSA) is 81.7 Å². The maximum atomic E-state index is 12.4. The highest BCUT2D eigenvalue weighted by atomic mass is 32.1. The number of carbonyl (C=O) groups excluding carboxylic acids is 3. The number of thiophene rings is 1. The number of hydrogen-bond donors (Lipinski definition) is 1. The Morgan fingerprint density at radius 1 is 1.12 bits per heavy atom. The lowest BCUT2D eigenvalue weighted by Crippen LogP contribution is -2.21. The van der Waals surface area contributed by atoms with Crippen molar-refractivity contribution in [3.63, 3.8) is 0 Å². The van der Waals surface area contributed by atoms with Crippen LogP contribution in [-0.4, -0.2) is 31.1 Å². The third-order valence-electron chi connectivity index (χ3n) is 4.21. The molecule has 0 aromatic carbocycles. The van der Waals surface area contributed by atoms with Crippen LogP contribution in [0, 0.1) is 12.8 Å². The van der Waals surface area contributed by atoms with E-state index in [4.69, 9.17) is 9.47 Å². The molecular weight excluding hydrogens is 342 g/mol. The lowest BCUT2D eigenvalue weighted by Gasteiger charge is -2.11. The van der Waals surface area contributed by atoms with Gasteiger partial charge in [0.2, 0.25) is 5.91 Å². The van der Waals surface area contributed by atoms with E-state index < -0.39 is 11.9 Å². The summed E-state index contributed by atoms with van der Waals surface area (Å²) in [5.41, 5.74) is 0.749. The molecule has 0 bridgehead atoms. The van der Waals surface area contributed by atoms with E-state index in [-0.39, 0.29) is 24.0 Å². The van der Waals surface area contributed by atoms with Crippen molar-refractivity contribution in [3.05, 3.63) is 16.0 Å². The number of hydrogen-bond acceptors (Lipinski definition) is 6. The lowest BCUT2D eigenvalue weighted by molar-refractivity contribution is -0.119. The molecule has 1 aromatic heterocycles. The van der Waals surface area contributed by atoms with Gasteiger partial charge in [0, 0.05) is 5.92 Å². The largest absolute Gasteiger partial charge is 0.462 e. The normalized spacial score (nSPS) is 14.4. The molecule has 1 amide bonds. The van der Waals surface area contributed by atoms with Crippen LogP contribution in [-0.2, 0) is 14.3 Å². The number of esters is 2. The van der Waals surface area contributed by atoms with Gasteiger partial charge in [0.05, 0.1) is 18.8 Å². The van der Waals surface area contributed by atoms with E-state index in [2.05, 4.69) is 5.32 Å². The predicted molar refractivity (Wildman–Crippen MR) is 96.2 cm³/mol. The number of nitrogens with one attached hydrogen (secondary N) is 1. The predicted octanol–water partition coefficient (Wildman–Crippen LogP) is 3.93. The van der Waals surface area contributed by atoms with E-state index in [9.17, 15) is 14.4 Å². The Morgan fingerprint density at radius 2 is 1.80 bits per heavy atom. The van der Waals surface area contributed by atoms with Gasteiger partial charge in [-0.25, -0.2) is 9.59 Å². The molecule has 2 rings (SSSR count). The van der Waals surface area contributed by atoms with Gasteiger partial charge in [0.25, 0.3) is 0 Å². The van der Waals surface area contributed by atoms with E-state index in [0.29, 0.717) is 28.5 Å². The molecule has 0 radical (unpaired) electrons. The second-order valence-electron chi connectivity index (χ2n) is 6.09. The summed E-state index contributed by atoms with van der Waals surface area (Å²) in [7, 11) is 0. The highest BCUT2D eigenvalue weighted by Gasteiger charge is 2.29. The highest BCUT2D eigenvalue weighted by molar-refractivity contribution is 7.18. The van der Waals surface area contributed by atoms with Crippen molar-refractivity contribution in [3.8, 4) is 0 Å². The van der Waals surface area contributed by atoms with E-state index in [1.165, 1.54) is 0 Å². The molecule has 1 aliphatic carbocycles. The van der Waals surface area contributed by atoms with Gasteiger partial charge in [0.1, 0.15) is 9.88 Å². The Kier molecular flexibility index (Phi) is 6.99. The van der Waals surface area contributed by atoms with Gasteiger partial charge in [-0.05, 0) is 38.7 Å². The lowest BCUT2D eigenvalue weighted by atomic mass is 10.1. The monoisotopic (exact) mass is 367 g/mol. The Morgan fingerprint density at radius 3 is 2.40 bits per heavy atom. The maximum absolute atomic E-state index is 12.4. The molecular formula is C18H25NO5S. The van der Waals surface area contributed by atoms with Crippen molar-refractivity contribution >= 4 is 34.2 Å². The van der Waals surface area contributed by atoms with Gasteiger partial charge in [-0.1, -0.05) is 19.8 Å². The zero-order chi connectivity index (χ0) is 18.4. The molecule has 0 atom stereocenters. The van der Waals surface area contributed by atoms with Crippen LogP contribution in [0.5, 0.6) is 0 Å². The fourth-order valence-corrected chi connectivity index (χ4v) is 4.00. The molecule has 1 heterocycles. The molecule has 7 heteroatoms. The highest BCUT2D eigenvalue weighted by Crippen LogP contribution is 2.35. The van der Waals surface area contributed by atoms with Crippen molar-refractivity contribution in [2.75, 3.05) is 18.5 Å². The third-order valence-corrected chi connectivity index (χ3v) is 5.40. The zero-order valence-corrected chi connectivity index (χ0v) is 15.8. The summed E-state index contributed by atoms with van der Waals surface area (Å²) in [5.74, 6) is -1.14. The van der Waals surface area contributed by atoms with Crippen LogP contribution in [0.25, 0.3) is 0 Å². The van der Waals surface area contributed by atoms with Crippen LogP contribution in [0.3, 0.4) is 0 Å². The number of ether oxygens (including phenoxy) is 2. The number of carbonyl (C=O) groups is 3. The van der Waals surface area contributed by atoms with Crippen LogP contribution in [0.15, 0.2) is 0 Å². The molecule has 1 aromatic rings. The standard InChI is InChI=1S/C18H25NO5S/c1-4-10-24-17(21)13-11(3)14(18(22)23-5-2)25-16(13)19-15(20)12-8-6-7-9-12/h12H,4-10H2,1-3H3,(H,19,20). The summed E-state index contributed by atoms with van der Waals surface area (Å²) in [6.45, 7) is 5.84. The van der Waals surface area contributed by atoms with Crippen LogP contribution in [0.1, 0.15) is 71.5 Å². The first-order valence-corrected chi connectivity index (χ1v) is 9.59. The van der Waals surface area contributed by atoms with E-state index in [1.54, 1.807) is 13.8 Å². The van der Waals surface area contributed by atoms with Gasteiger partial charge in [-0.15, -0.1) is 11.3 Å². The average Bonchev–Trinajstić information content (AvgIpc) is 3.21. The molecule has 25 heavy (non-hydrogen) atoms. The summed E-state index contributed by atoms with van der Waals surface area (Å²) >= 11 is 1.08. The summed E-state index contributed by atoms with van der Waals surface area (Å²) < 4.78 is 10.3. The summed E-state index contributed by atoms with van der Waals surface area (Å²) in [6.07, 6.45) is 4.50. The number of rotatable bonds is 7. The molecule has 1 N–H and O–H groups in total. The summed E-state index contributed by atoms with van der Waals surface area (Å²) in [6, 6.07) is 0. The Labute approximate surface area is 151 Å². The van der Waals surface area contributed by atoms with Crippen LogP contribution in [0.4, 0.5) is 5.00 Å². The van der Waals surface area contributed by atoms with Gasteiger partial charge < -0.3 is 14.8 Å². The van der Waals surface area contributed by atoms with Gasteiger partial charge in [-0.3, -0.25) is 4.79 Å². The molecule has 1 fully saturated rings. The SMILES string of the molecule is CCCOC(=O)c1c(NC(=O)C2CCCC2)sc(C(=O)OCC)c1C. The van der Waals surface area contributed by atoms with Gasteiger partial charge >= 0.3 is 11.9 Å². The molecule has 138 valence electrons. The van der Waals surface area contributed by atoms with E-state index in [1.807, 2.05) is 6.92 Å². The Bertz CT molecular complexity index is 646. The first-order valence-electron chi connectivity index (χ1n) is 8.78. The first kappa shape index (κ1) is 19.4. The second-order valence-corrected chi connectivity index (χ2v) is 7.11. The molecule has 0 saturated heterocycles. The van der Waals surface area contributed by atoms with Crippen LogP contribution >= 0.6 is 11.3 Å². The van der Waals surface area contributed by atoms with Crippen molar-refractivity contribution < 1.29 is 23.9 Å². The van der Waals surface area contributed by atoms with Gasteiger partial charge in [0.15, 0.2) is 0 Å². The number of amides is 1. The van der Waals surface area contributed by atoms with Crippen LogP contribution < -0.4 is 5.32 Å². The summed E-state index contributed by atoms with van der Waals surface area (Å²) in [4.78, 5) is 37.3. The average molecular weight is 367 g/mol. The summed E-state index contributed by atoms with van der Waals surface area (Å²) in [5, 5.41) is 3.21. The Balaban J connectivity index is 2.30. The first-order chi connectivity index (χ1) is 12.0. The smallest absolute Gasteiger partial charge is 0.348 e. The minimum atomic E-state index is -0.520. The molecule has 1 saturated carbocycles. The third kappa shape index (κ3) is 4.60. The minimum absolute atomic E-state index is 0.0343. The molecule has 1 aliphatic rings. The molecule has 0 unspecified atom stereocenters. The van der Waals surface area contributed by atoms with E-state index >= 15 is 0 Å². The molecule has 0 spiro atoms. The van der Waals surface area contributed by atoms with Gasteiger partial charge in [-0.2, -0.15) is 0 Å². The van der Waals surface area contributed by atoms with E-state index in [0.717, 1.165) is 37.0 Å². The molecule has 6 nitrogen and oxygen atoms in total. The molecule has 0 aliphatic heterocycles. The van der Waals surface area contributed by atoms with Crippen LogP contribution in [0.2, 0.25) is 0 Å². The van der Waals surface area contributed by atoms with Crippen molar-refractivity contribution in [2.45, 2.75) is 52.9 Å². The fourth-order valence-electron chi connectivity index (χ4n) is 2.91. The Hall–Kier alpha value is -1.89. The number of anilines is 1. The van der Waals surface area contributed by atoms with Crippen molar-refractivity contribution in [1.29, 1.82) is 0 Å². The fraction of sp³-hybridized carbons (Fsp3) is 0.611. The quantitative estimate of drug-likeness (QED) is 0.739.